The van der Waals surface area contributed by atoms with Gasteiger partial charge in [0.15, 0.2) is 10.3 Å². The summed E-state index contributed by atoms with van der Waals surface area (Å²) in [7, 11) is 0. The van der Waals surface area contributed by atoms with Crippen LogP contribution in [0.25, 0.3) is 0 Å². The van der Waals surface area contributed by atoms with Crippen LogP contribution in [0.3, 0.4) is 0 Å². The number of rotatable bonds is 6. The van der Waals surface area contributed by atoms with Crippen LogP contribution in [-0.2, 0) is 4.79 Å². The van der Waals surface area contributed by atoms with Crippen molar-refractivity contribution in [2.24, 2.45) is 0 Å². The predicted octanol–water partition coefficient (Wildman–Crippen LogP) is 4.52. The van der Waals surface area contributed by atoms with E-state index in [1.165, 1.54) is 32.1 Å². The molecule has 0 saturated heterocycles. The summed E-state index contributed by atoms with van der Waals surface area (Å²) >= 11 is 3.14. The van der Waals surface area contributed by atoms with Gasteiger partial charge in [-0.15, -0.1) is 11.3 Å². The molecular weight excluding hydrogens is 352 g/mol. The summed E-state index contributed by atoms with van der Waals surface area (Å²) in [6.07, 6.45) is 14.0. The van der Waals surface area contributed by atoms with Gasteiger partial charge in [0.1, 0.15) is 0 Å². The van der Waals surface area contributed by atoms with Crippen molar-refractivity contribution < 1.29 is 4.79 Å². The lowest BCUT2D eigenvalue weighted by molar-refractivity contribution is -0.118. The molecule has 2 aromatic heterocycles. The van der Waals surface area contributed by atoms with Gasteiger partial charge >= 0.3 is 0 Å². The molecule has 0 spiro atoms. The van der Waals surface area contributed by atoms with Crippen LogP contribution in [-0.4, -0.2) is 31.7 Å². The third kappa shape index (κ3) is 3.77. The number of nitrogens with zero attached hydrogens (tertiary/aromatic N) is 4. The van der Waals surface area contributed by atoms with E-state index in [2.05, 4.69) is 14.5 Å². The Hall–Kier alpha value is -1.34. The van der Waals surface area contributed by atoms with Crippen molar-refractivity contribution in [1.29, 1.82) is 0 Å². The molecule has 0 aliphatic heterocycles. The summed E-state index contributed by atoms with van der Waals surface area (Å²) in [6, 6.07) is 0.874. The summed E-state index contributed by atoms with van der Waals surface area (Å²) in [4.78, 5) is 24.2. The molecule has 0 aromatic carbocycles. The number of amides is 1. The molecule has 0 bridgehead atoms. The zero-order valence-electron chi connectivity index (χ0n) is 14.5. The zero-order valence-corrected chi connectivity index (χ0v) is 16.1. The minimum atomic E-state index is -0.161. The van der Waals surface area contributed by atoms with Gasteiger partial charge in [0.2, 0.25) is 5.91 Å². The van der Waals surface area contributed by atoms with Crippen molar-refractivity contribution in [3.05, 3.63) is 24.0 Å². The van der Waals surface area contributed by atoms with E-state index in [0.717, 1.165) is 23.1 Å². The molecule has 2 heterocycles. The second-order valence-electron chi connectivity index (χ2n) is 6.92. The maximum Gasteiger partial charge on any atom is 0.242 e. The smallest absolute Gasteiger partial charge is 0.242 e. The molecule has 7 heteroatoms. The molecule has 1 atom stereocenters. The van der Waals surface area contributed by atoms with E-state index in [1.54, 1.807) is 29.3 Å². The Kier molecular flexibility index (Phi) is 5.12. The zero-order chi connectivity index (χ0) is 17.2. The maximum absolute atomic E-state index is 13.3. The van der Waals surface area contributed by atoms with Crippen LogP contribution in [0.15, 0.2) is 29.1 Å². The normalized spacial score (nSPS) is 19.7. The molecule has 5 nitrogen and oxygen atoms in total. The van der Waals surface area contributed by atoms with Crippen LogP contribution < -0.4 is 4.90 Å². The first kappa shape index (κ1) is 17.1. The lowest BCUT2D eigenvalue weighted by Crippen LogP contribution is -2.45. The first-order valence-corrected chi connectivity index (χ1v) is 10.9. The van der Waals surface area contributed by atoms with Crippen molar-refractivity contribution in [1.82, 2.24) is 14.5 Å². The van der Waals surface area contributed by atoms with Crippen molar-refractivity contribution in [3.63, 3.8) is 0 Å². The van der Waals surface area contributed by atoms with Gasteiger partial charge in [0.05, 0.1) is 5.25 Å². The minimum absolute atomic E-state index is 0.161. The van der Waals surface area contributed by atoms with Crippen molar-refractivity contribution in [3.8, 4) is 0 Å². The van der Waals surface area contributed by atoms with Gasteiger partial charge in [0, 0.05) is 36.1 Å². The van der Waals surface area contributed by atoms with Crippen molar-refractivity contribution in [2.45, 2.75) is 74.4 Å². The minimum Gasteiger partial charge on any atom is -0.323 e. The number of carbonyl (C=O) groups is 1. The molecule has 25 heavy (non-hydrogen) atoms. The Balaban J connectivity index is 1.51. The molecule has 2 fully saturated rings. The molecule has 1 amide bonds. The molecule has 2 aliphatic carbocycles. The van der Waals surface area contributed by atoms with Gasteiger partial charge < -0.3 is 4.57 Å². The molecule has 134 valence electrons. The van der Waals surface area contributed by atoms with Crippen LogP contribution in [0.2, 0.25) is 0 Å². The van der Waals surface area contributed by atoms with Crippen LogP contribution in [0.1, 0.15) is 57.9 Å². The van der Waals surface area contributed by atoms with Crippen LogP contribution in [0, 0.1) is 0 Å². The number of thiazole rings is 1. The fraction of sp³-hybridized carbons (Fsp3) is 0.611. The highest BCUT2D eigenvalue weighted by atomic mass is 32.2. The average molecular weight is 377 g/mol. The maximum atomic E-state index is 13.3. The van der Waals surface area contributed by atoms with Crippen molar-refractivity contribution in [2.75, 3.05) is 4.90 Å². The third-order valence-electron chi connectivity index (χ3n) is 5.01. The molecule has 0 unspecified atom stereocenters. The topological polar surface area (TPSA) is 51.0 Å². The SMILES string of the molecule is C[C@@H](Sc1nccn1C1CC1)C(=O)N(c1nccs1)C1CCCCC1. The molecule has 0 radical (unpaired) electrons. The highest BCUT2D eigenvalue weighted by Gasteiger charge is 2.33. The second kappa shape index (κ2) is 7.50. The van der Waals surface area contributed by atoms with E-state index < -0.39 is 0 Å². The largest absolute Gasteiger partial charge is 0.323 e. The summed E-state index contributed by atoms with van der Waals surface area (Å²) in [5, 5.41) is 3.60. The summed E-state index contributed by atoms with van der Waals surface area (Å²) in [6.45, 7) is 2.00. The standard InChI is InChI=1S/C18H24N4OS2/c1-13(25-17-19-9-11-21(17)14-7-8-14)16(23)22(18-20-10-12-24-18)15-5-3-2-4-6-15/h9-15H,2-8H2,1H3/t13-/m1/s1. The van der Waals surface area contributed by atoms with Crippen LogP contribution >= 0.6 is 23.1 Å². The Morgan fingerprint density at radius 2 is 2.04 bits per heavy atom. The molecule has 0 N–H and O–H groups in total. The number of carbonyl (C=O) groups excluding carboxylic acids is 1. The fourth-order valence-electron chi connectivity index (χ4n) is 3.53. The fourth-order valence-corrected chi connectivity index (χ4v) is 5.23. The van der Waals surface area contributed by atoms with E-state index in [-0.39, 0.29) is 11.2 Å². The summed E-state index contributed by atoms with van der Waals surface area (Å²) in [5.74, 6) is 0.164. The monoisotopic (exact) mass is 376 g/mol. The molecule has 2 aromatic rings. The molecule has 2 aliphatic rings. The van der Waals surface area contributed by atoms with Gasteiger partial charge in [0.25, 0.3) is 0 Å². The Bertz CT molecular complexity index is 704. The average Bonchev–Trinajstić information content (AvgIpc) is 3.14. The summed E-state index contributed by atoms with van der Waals surface area (Å²) in [5.41, 5.74) is 0. The Labute approximate surface area is 156 Å². The van der Waals surface area contributed by atoms with E-state index in [4.69, 9.17) is 0 Å². The lowest BCUT2D eigenvalue weighted by Gasteiger charge is -2.34. The van der Waals surface area contributed by atoms with Crippen molar-refractivity contribution >= 4 is 34.1 Å². The first-order chi connectivity index (χ1) is 12.2. The van der Waals surface area contributed by atoms with E-state index >= 15 is 0 Å². The Morgan fingerprint density at radius 1 is 1.24 bits per heavy atom. The quantitative estimate of drug-likeness (QED) is 0.696. The number of imidazole rings is 1. The number of hydrogen-bond donors (Lipinski definition) is 0. The van der Waals surface area contributed by atoms with E-state index in [1.807, 2.05) is 29.6 Å². The van der Waals surface area contributed by atoms with E-state index in [9.17, 15) is 4.79 Å². The van der Waals surface area contributed by atoms with Crippen LogP contribution in [0.4, 0.5) is 5.13 Å². The predicted molar refractivity (Wildman–Crippen MR) is 102 cm³/mol. The Morgan fingerprint density at radius 3 is 2.72 bits per heavy atom. The molecular formula is C18H24N4OS2. The van der Waals surface area contributed by atoms with Gasteiger partial charge in [-0.3, -0.25) is 9.69 Å². The number of aromatic nitrogens is 3. The van der Waals surface area contributed by atoms with E-state index in [0.29, 0.717) is 12.1 Å². The highest BCUT2D eigenvalue weighted by molar-refractivity contribution is 8.00. The second-order valence-corrected chi connectivity index (χ2v) is 9.10. The lowest BCUT2D eigenvalue weighted by atomic mass is 9.94. The first-order valence-electron chi connectivity index (χ1n) is 9.16. The summed E-state index contributed by atoms with van der Waals surface area (Å²) < 4.78 is 2.22. The highest BCUT2D eigenvalue weighted by Crippen LogP contribution is 2.39. The number of hydrogen-bond acceptors (Lipinski definition) is 5. The van der Waals surface area contributed by atoms with Crippen LogP contribution in [0.5, 0.6) is 0 Å². The van der Waals surface area contributed by atoms with Gasteiger partial charge in [-0.05, 0) is 32.6 Å². The number of anilines is 1. The van der Waals surface area contributed by atoms with Gasteiger partial charge in [-0.1, -0.05) is 31.0 Å². The van der Waals surface area contributed by atoms with Gasteiger partial charge in [-0.2, -0.15) is 0 Å². The number of thioether (sulfide) groups is 1. The third-order valence-corrected chi connectivity index (χ3v) is 6.86. The van der Waals surface area contributed by atoms with Gasteiger partial charge in [-0.25, -0.2) is 9.97 Å². The molecule has 2 saturated carbocycles. The molecule has 4 rings (SSSR count).